The summed E-state index contributed by atoms with van der Waals surface area (Å²) >= 11 is 0. The molecule has 27 heavy (non-hydrogen) atoms. The molecular formula is C21H21FN4O. The van der Waals surface area contributed by atoms with Crippen LogP contribution in [0.2, 0.25) is 0 Å². The van der Waals surface area contributed by atoms with Crippen molar-refractivity contribution in [2.45, 2.75) is 20.4 Å². The molecule has 5 nitrogen and oxygen atoms in total. The zero-order valence-corrected chi connectivity index (χ0v) is 15.3. The summed E-state index contributed by atoms with van der Waals surface area (Å²) in [5, 5.41) is 2.97. The van der Waals surface area contributed by atoms with Gasteiger partial charge in [0.05, 0.1) is 0 Å². The van der Waals surface area contributed by atoms with Gasteiger partial charge in [-0.2, -0.15) is 0 Å². The molecule has 0 aliphatic rings. The van der Waals surface area contributed by atoms with Crippen LogP contribution in [0.5, 0.6) is 0 Å². The highest BCUT2D eigenvalue weighted by Crippen LogP contribution is 2.18. The third kappa shape index (κ3) is 4.47. The van der Waals surface area contributed by atoms with E-state index in [1.54, 1.807) is 29.2 Å². The van der Waals surface area contributed by atoms with Crippen LogP contribution in [0.1, 0.15) is 28.5 Å². The molecule has 0 aliphatic carbocycles. The van der Waals surface area contributed by atoms with E-state index in [2.05, 4.69) is 15.3 Å². The third-order valence-corrected chi connectivity index (χ3v) is 4.14. The number of anilines is 2. The Hall–Kier alpha value is -3.28. The van der Waals surface area contributed by atoms with E-state index in [-0.39, 0.29) is 29.9 Å². The van der Waals surface area contributed by atoms with Crippen LogP contribution < -0.4 is 10.2 Å². The summed E-state index contributed by atoms with van der Waals surface area (Å²) in [6.45, 7) is 4.65. The van der Waals surface area contributed by atoms with Gasteiger partial charge in [0, 0.05) is 30.5 Å². The van der Waals surface area contributed by atoms with Crippen LogP contribution in [0.15, 0.2) is 60.8 Å². The van der Waals surface area contributed by atoms with Crippen molar-refractivity contribution in [3.05, 3.63) is 83.4 Å². The van der Waals surface area contributed by atoms with Crippen molar-refractivity contribution in [2.24, 2.45) is 0 Å². The number of hydrogen-bond donors (Lipinski definition) is 1. The molecule has 1 N–H and O–H groups in total. The van der Waals surface area contributed by atoms with Gasteiger partial charge in [-0.05, 0) is 43.7 Å². The lowest BCUT2D eigenvalue weighted by atomic mass is 10.2. The highest BCUT2D eigenvalue weighted by molar-refractivity contribution is 6.04. The van der Waals surface area contributed by atoms with Gasteiger partial charge in [0.1, 0.15) is 11.5 Å². The lowest BCUT2D eigenvalue weighted by Crippen LogP contribution is -2.31. The molecule has 138 valence electrons. The highest BCUT2D eigenvalue weighted by atomic mass is 19.1. The second-order valence-electron chi connectivity index (χ2n) is 6.10. The number of halogens is 1. The van der Waals surface area contributed by atoms with Crippen molar-refractivity contribution in [3.63, 3.8) is 0 Å². The fourth-order valence-corrected chi connectivity index (χ4v) is 2.76. The van der Waals surface area contributed by atoms with E-state index in [0.29, 0.717) is 12.1 Å². The Kier molecular flexibility index (Phi) is 5.76. The van der Waals surface area contributed by atoms with Gasteiger partial charge in [-0.3, -0.25) is 4.79 Å². The Bertz CT molecular complexity index is 945. The van der Waals surface area contributed by atoms with Crippen molar-refractivity contribution in [1.82, 2.24) is 9.97 Å². The molecule has 1 aromatic heterocycles. The largest absolute Gasteiger partial charge is 0.350 e. The quantitative estimate of drug-likeness (QED) is 0.712. The first-order valence-corrected chi connectivity index (χ1v) is 8.77. The van der Waals surface area contributed by atoms with E-state index in [1.165, 1.54) is 12.3 Å². The normalized spacial score (nSPS) is 10.5. The minimum Gasteiger partial charge on any atom is -0.350 e. The van der Waals surface area contributed by atoms with Gasteiger partial charge < -0.3 is 10.2 Å². The average Bonchev–Trinajstić information content (AvgIpc) is 2.68. The van der Waals surface area contributed by atoms with E-state index in [9.17, 15) is 9.18 Å². The summed E-state index contributed by atoms with van der Waals surface area (Å²) < 4.78 is 13.7. The van der Waals surface area contributed by atoms with Gasteiger partial charge in [-0.25, -0.2) is 14.4 Å². The first kappa shape index (κ1) is 18.5. The number of benzene rings is 2. The first-order chi connectivity index (χ1) is 13.1. The molecule has 1 amide bonds. The maximum absolute atomic E-state index is 13.7. The lowest BCUT2D eigenvalue weighted by Gasteiger charge is -2.21. The minimum atomic E-state index is -0.297. The van der Waals surface area contributed by atoms with Crippen molar-refractivity contribution in [2.75, 3.05) is 16.8 Å². The molecule has 0 unspecified atom stereocenters. The summed E-state index contributed by atoms with van der Waals surface area (Å²) in [4.78, 5) is 23.0. The topological polar surface area (TPSA) is 58.1 Å². The van der Waals surface area contributed by atoms with Gasteiger partial charge in [0.15, 0.2) is 0 Å². The van der Waals surface area contributed by atoms with Crippen molar-refractivity contribution >= 4 is 17.5 Å². The SMILES string of the molecule is CCN(C(=O)c1ccnc(NCc2ccccc2F)n1)c1cccc(C)c1. The maximum Gasteiger partial charge on any atom is 0.277 e. The molecule has 0 atom stereocenters. The highest BCUT2D eigenvalue weighted by Gasteiger charge is 2.18. The lowest BCUT2D eigenvalue weighted by molar-refractivity contribution is 0.0983. The zero-order chi connectivity index (χ0) is 19.2. The monoisotopic (exact) mass is 364 g/mol. The summed E-state index contributed by atoms with van der Waals surface area (Å²) in [6, 6.07) is 15.8. The van der Waals surface area contributed by atoms with Crippen molar-refractivity contribution in [3.8, 4) is 0 Å². The predicted molar refractivity (Wildman–Crippen MR) is 104 cm³/mol. The smallest absolute Gasteiger partial charge is 0.277 e. The second kappa shape index (κ2) is 8.40. The summed E-state index contributed by atoms with van der Waals surface area (Å²) in [7, 11) is 0. The van der Waals surface area contributed by atoms with Gasteiger partial charge in [0.25, 0.3) is 5.91 Å². The third-order valence-electron chi connectivity index (χ3n) is 4.14. The second-order valence-corrected chi connectivity index (χ2v) is 6.10. The minimum absolute atomic E-state index is 0.209. The molecule has 3 aromatic rings. The van der Waals surface area contributed by atoms with E-state index in [0.717, 1.165) is 11.3 Å². The van der Waals surface area contributed by atoms with Crippen LogP contribution in [0.4, 0.5) is 16.0 Å². The summed E-state index contributed by atoms with van der Waals surface area (Å²) in [5.74, 6) is -0.224. The molecule has 0 saturated carbocycles. The number of amides is 1. The predicted octanol–water partition coefficient (Wildman–Crippen LogP) is 4.20. The first-order valence-electron chi connectivity index (χ1n) is 8.77. The number of aromatic nitrogens is 2. The molecule has 0 saturated heterocycles. The molecule has 1 heterocycles. The summed E-state index contributed by atoms with van der Waals surface area (Å²) in [5.41, 5.74) is 2.69. The molecule has 6 heteroatoms. The van der Waals surface area contributed by atoms with Gasteiger partial charge in [-0.1, -0.05) is 30.3 Å². The van der Waals surface area contributed by atoms with E-state index < -0.39 is 0 Å². The zero-order valence-electron chi connectivity index (χ0n) is 15.3. The maximum atomic E-state index is 13.7. The molecule has 3 rings (SSSR count). The number of carbonyl (C=O) groups excluding carboxylic acids is 1. The Morgan fingerprint density at radius 2 is 1.96 bits per heavy atom. The van der Waals surface area contributed by atoms with Gasteiger partial charge in [-0.15, -0.1) is 0 Å². The Balaban J connectivity index is 1.77. The van der Waals surface area contributed by atoms with Crippen LogP contribution >= 0.6 is 0 Å². The number of carbonyl (C=O) groups is 1. The fraction of sp³-hybridized carbons (Fsp3) is 0.190. The molecule has 0 bridgehead atoms. The Labute approximate surface area is 157 Å². The van der Waals surface area contributed by atoms with Crippen LogP contribution in [-0.2, 0) is 6.54 Å². The Morgan fingerprint density at radius 3 is 2.70 bits per heavy atom. The van der Waals surface area contributed by atoms with E-state index in [1.807, 2.05) is 38.1 Å². The molecule has 2 aromatic carbocycles. The number of nitrogens with zero attached hydrogens (tertiary/aromatic N) is 3. The molecule has 0 aliphatic heterocycles. The molecule has 0 fully saturated rings. The van der Waals surface area contributed by atoms with E-state index >= 15 is 0 Å². The summed E-state index contributed by atoms with van der Waals surface area (Å²) in [6.07, 6.45) is 1.52. The van der Waals surface area contributed by atoms with Crippen molar-refractivity contribution < 1.29 is 9.18 Å². The van der Waals surface area contributed by atoms with E-state index in [4.69, 9.17) is 0 Å². The Morgan fingerprint density at radius 1 is 1.15 bits per heavy atom. The van der Waals surface area contributed by atoms with Gasteiger partial charge in [0.2, 0.25) is 5.95 Å². The number of nitrogens with one attached hydrogen (secondary N) is 1. The average molecular weight is 364 g/mol. The fourth-order valence-electron chi connectivity index (χ4n) is 2.76. The standard InChI is InChI=1S/C21H21FN4O/c1-3-26(17-9-6-7-15(2)13-17)20(27)19-11-12-23-21(25-19)24-14-16-8-4-5-10-18(16)22/h4-13H,3,14H2,1-2H3,(H,23,24,25). The van der Waals surface area contributed by atoms with Crippen LogP contribution in [0.25, 0.3) is 0 Å². The molecular weight excluding hydrogens is 343 g/mol. The van der Waals surface area contributed by atoms with Crippen molar-refractivity contribution in [1.29, 1.82) is 0 Å². The molecule has 0 spiro atoms. The number of hydrogen-bond acceptors (Lipinski definition) is 4. The number of aryl methyl sites for hydroxylation is 1. The van der Waals surface area contributed by atoms with Crippen LogP contribution in [-0.4, -0.2) is 22.4 Å². The van der Waals surface area contributed by atoms with Gasteiger partial charge >= 0.3 is 0 Å². The molecule has 0 radical (unpaired) electrons. The number of rotatable bonds is 6. The van der Waals surface area contributed by atoms with Crippen LogP contribution in [0, 0.1) is 12.7 Å². The van der Waals surface area contributed by atoms with Crippen LogP contribution in [0.3, 0.4) is 0 Å².